The van der Waals surface area contributed by atoms with Gasteiger partial charge in [-0.25, -0.2) is 0 Å². The first-order valence-corrected chi connectivity index (χ1v) is 16.7. The molecule has 1 aromatic heterocycles. The van der Waals surface area contributed by atoms with Gasteiger partial charge in [-0.3, -0.25) is 9.79 Å². The predicted octanol–water partition coefficient (Wildman–Crippen LogP) is 0.601. The van der Waals surface area contributed by atoms with Crippen molar-refractivity contribution in [2.45, 2.75) is 70.9 Å². The summed E-state index contributed by atoms with van der Waals surface area (Å²) in [6.45, 7) is 8.49. The van der Waals surface area contributed by atoms with Gasteiger partial charge in [0.05, 0.1) is 0 Å². The molecule has 1 N–H and O–H groups in total. The monoisotopic (exact) mass is 626 g/mol. The van der Waals surface area contributed by atoms with Gasteiger partial charge >= 0.3 is 152 Å². The van der Waals surface area contributed by atoms with Crippen LogP contribution in [0, 0.1) is 23.2 Å². The van der Waals surface area contributed by atoms with Gasteiger partial charge in [-0.1, -0.05) is 26.7 Å². The molecule has 38 heavy (non-hydrogen) atoms. The van der Waals surface area contributed by atoms with E-state index in [1.165, 1.54) is 12.8 Å². The number of nitrogens with zero attached hydrogens (tertiary/aromatic N) is 4. The van der Waals surface area contributed by atoms with E-state index in [9.17, 15) is 9.59 Å². The number of nitrogens with one attached hydrogen (secondary N) is 1. The molecule has 5 rings (SSSR count). The Bertz CT molecular complexity index is 1300. The molecule has 2 amide bonds. The Morgan fingerprint density at radius 3 is 2.63 bits per heavy atom. The van der Waals surface area contributed by atoms with E-state index in [1.54, 1.807) is 6.20 Å². The van der Waals surface area contributed by atoms with E-state index in [1.807, 2.05) is 31.9 Å². The first kappa shape index (κ1) is 26.9. The van der Waals surface area contributed by atoms with E-state index < -0.39 is 11.1 Å². The van der Waals surface area contributed by atoms with Gasteiger partial charge in [0.25, 0.3) is 5.91 Å². The Labute approximate surface area is 236 Å². The van der Waals surface area contributed by atoms with Gasteiger partial charge in [-0.05, 0) is 25.7 Å². The number of halogens is 1. The second kappa shape index (κ2) is 10.5. The van der Waals surface area contributed by atoms with E-state index in [0.29, 0.717) is 25.1 Å². The van der Waals surface area contributed by atoms with Crippen LogP contribution in [-0.2, 0) is 22.4 Å². The summed E-state index contributed by atoms with van der Waals surface area (Å²) >= 11 is -0.206. The molecule has 8 heteroatoms. The molecule has 1 aromatic rings. The van der Waals surface area contributed by atoms with Gasteiger partial charge in [0.1, 0.15) is 11.4 Å². The van der Waals surface area contributed by atoms with Crippen molar-refractivity contribution in [3.05, 3.63) is 53.1 Å². The summed E-state index contributed by atoms with van der Waals surface area (Å²) in [4.78, 5) is 40.4. The molecule has 1 saturated carbocycles. The molecule has 0 bridgehead atoms. The van der Waals surface area contributed by atoms with Crippen LogP contribution in [0.25, 0.3) is 0 Å². The first-order chi connectivity index (χ1) is 18.2. The SMILES string of the molecule is C=CC1=C(N(C)[I-]C)NC(=O)[C@]12Cc1cc(C#CCN3C(=O)C(C(C)C)=NC34CCCCCC4)cnc1C2. The van der Waals surface area contributed by atoms with Crippen molar-refractivity contribution in [1.82, 2.24) is 18.3 Å². The summed E-state index contributed by atoms with van der Waals surface area (Å²) in [5.41, 5.74) is 3.40. The predicted molar refractivity (Wildman–Crippen MR) is 144 cm³/mol. The number of hydrogen-bond donors (Lipinski definition) is 1. The second-order valence-electron chi connectivity index (χ2n) is 11.1. The van der Waals surface area contributed by atoms with Crippen LogP contribution in [-0.4, -0.2) is 54.7 Å². The van der Waals surface area contributed by atoms with E-state index >= 15 is 0 Å². The standard InChI is InChI=1S/C30H37IN5O2/c1-6-23-26(35(5)31-4)33-28(38)29(23)17-22-16-21(19-32-24(22)18-29)12-11-15-36-27(37)25(20(2)3)34-30(36)13-9-7-8-10-14-30/h6,16,19-20H,1,7-10,13-15,17-18H2,2-5H3,(H,33,38)/q-1/t29-/m0/s1. The second-order valence-corrected chi connectivity index (χ2v) is 13.5. The minimum absolute atomic E-state index is 0.0274. The summed E-state index contributed by atoms with van der Waals surface area (Å²) in [6.07, 6.45) is 11.2. The average Bonchev–Trinajstić information content (AvgIpc) is 3.42. The number of alkyl halides is 1. The third kappa shape index (κ3) is 4.47. The van der Waals surface area contributed by atoms with Crippen LogP contribution in [0.5, 0.6) is 0 Å². The number of allylic oxidation sites excluding steroid dienone is 1. The molecule has 2 aliphatic heterocycles. The third-order valence-electron chi connectivity index (χ3n) is 8.44. The topological polar surface area (TPSA) is 77.9 Å². The van der Waals surface area contributed by atoms with Crippen molar-refractivity contribution in [1.29, 1.82) is 0 Å². The van der Waals surface area contributed by atoms with Crippen molar-refractivity contribution in [2.24, 2.45) is 16.3 Å². The van der Waals surface area contributed by atoms with Crippen LogP contribution in [0.4, 0.5) is 0 Å². The van der Waals surface area contributed by atoms with Gasteiger partial charge in [-0.2, -0.15) is 0 Å². The molecule has 0 saturated heterocycles. The Morgan fingerprint density at radius 2 is 1.97 bits per heavy atom. The molecule has 1 atom stereocenters. The van der Waals surface area contributed by atoms with Crippen molar-refractivity contribution in [2.75, 3.05) is 18.5 Å². The quantitative estimate of drug-likeness (QED) is 0.225. The molecule has 202 valence electrons. The Kier molecular flexibility index (Phi) is 7.42. The molecule has 4 aliphatic rings. The molecule has 2 spiro atoms. The van der Waals surface area contributed by atoms with Crippen LogP contribution in [0.15, 0.2) is 41.3 Å². The van der Waals surface area contributed by atoms with Gasteiger partial charge in [-0.15, -0.1) is 0 Å². The number of carbonyl (C=O) groups excluding carboxylic acids is 2. The number of amides is 2. The number of rotatable bonds is 5. The fourth-order valence-corrected chi connectivity index (χ4v) is 7.22. The molecule has 0 unspecified atom stereocenters. The molecule has 0 radical (unpaired) electrons. The normalized spacial score (nSPS) is 24.0. The Hall–Kier alpha value is -2.67. The minimum atomic E-state index is -0.649. The molecule has 7 nitrogen and oxygen atoms in total. The molecule has 3 heterocycles. The number of aromatic nitrogens is 1. The van der Waals surface area contributed by atoms with Crippen LogP contribution >= 0.6 is 0 Å². The number of pyridine rings is 1. The number of aliphatic imine (C=N–C) groups is 1. The van der Waals surface area contributed by atoms with E-state index in [4.69, 9.17) is 9.98 Å². The van der Waals surface area contributed by atoms with E-state index in [0.717, 1.165) is 53.9 Å². The zero-order chi connectivity index (χ0) is 27.1. The van der Waals surface area contributed by atoms with Crippen molar-refractivity contribution in [3.8, 4) is 11.8 Å². The number of hydrogen-bond acceptors (Lipinski definition) is 5. The zero-order valence-corrected chi connectivity index (χ0v) is 25.0. The van der Waals surface area contributed by atoms with E-state index in [2.05, 4.69) is 37.8 Å². The van der Waals surface area contributed by atoms with Crippen LogP contribution in [0.3, 0.4) is 0 Å². The molecule has 0 aromatic carbocycles. The van der Waals surface area contributed by atoms with Gasteiger partial charge < -0.3 is 0 Å². The maximum absolute atomic E-state index is 13.3. The summed E-state index contributed by atoms with van der Waals surface area (Å²) in [6, 6.07) is 2.07. The summed E-state index contributed by atoms with van der Waals surface area (Å²) in [7, 11) is 2.03. The fourth-order valence-electron chi connectivity index (χ4n) is 6.36. The first-order valence-electron chi connectivity index (χ1n) is 13.5. The van der Waals surface area contributed by atoms with Gasteiger partial charge in [0.2, 0.25) is 0 Å². The fraction of sp³-hybridized carbons (Fsp3) is 0.533. The molecule has 1 fully saturated rings. The van der Waals surface area contributed by atoms with Crippen LogP contribution < -0.4 is 26.8 Å². The van der Waals surface area contributed by atoms with Crippen molar-refractivity contribution >= 4 is 17.5 Å². The number of carbonyl (C=O) groups is 2. The summed E-state index contributed by atoms with van der Waals surface area (Å²) in [5.74, 6) is 7.59. The maximum atomic E-state index is 13.3. The zero-order valence-electron chi connectivity index (χ0n) is 22.9. The van der Waals surface area contributed by atoms with Crippen molar-refractivity contribution < 1.29 is 31.1 Å². The van der Waals surface area contributed by atoms with Gasteiger partial charge in [0, 0.05) is 5.92 Å². The van der Waals surface area contributed by atoms with Crippen molar-refractivity contribution in [3.63, 3.8) is 0 Å². The van der Waals surface area contributed by atoms with Crippen LogP contribution in [0.2, 0.25) is 0 Å². The van der Waals surface area contributed by atoms with Gasteiger partial charge in [0.15, 0.2) is 0 Å². The Morgan fingerprint density at radius 1 is 1.24 bits per heavy atom. The van der Waals surface area contributed by atoms with Crippen LogP contribution in [0.1, 0.15) is 69.2 Å². The number of fused-ring (bicyclic) bond motifs is 1. The third-order valence-corrected chi connectivity index (χ3v) is 10.4. The summed E-state index contributed by atoms with van der Waals surface area (Å²) < 4.78 is 2.16. The summed E-state index contributed by atoms with van der Waals surface area (Å²) in [5, 5.41) is 3.12. The van der Waals surface area contributed by atoms with E-state index in [-0.39, 0.29) is 39.2 Å². The Balaban J connectivity index is 1.37. The molecule has 2 aliphatic carbocycles. The molecular formula is C30H37IN5O2-. The molecular weight excluding hydrogens is 589 g/mol. The average molecular weight is 627 g/mol.